The zero-order valence-electron chi connectivity index (χ0n) is 16.5. The Hall–Kier alpha value is -2.55. The minimum atomic E-state index is -0.753. The molecule has 0 bridgehead atoms. The van der Waals surface area contributed by atoms with Gasteiger partial charge in [-0.2, -0.15) is 0 Å². The molecule has 0 aromatic heterocycles. The van der Waals surface area contributed by atoms with E-state index < -0.39 is 35.4 Å². The number of carbonyl (C=O) groups is 4. The number of thioether (sulfide) groups is 1. The van der Waals surface area contributed by atoms with Gasteiger partial charge in [-0.3, -0.25) is 14.9 Å². The highest BCUT2D eigenvalue weighted by Gasteiger charge is 2.57. The van der Waals surface area contributed by atoms with Gasteiger partial charge in [0, 0.05) is 18.2 Å². The molecule has 3 atom stereocenters. The van der Waals surface area contributed by atoms with Crippen LogP contribution in [0.3, 0.4) is 0 Å². The van der Waals surface area contributed by atoms with Crippen molar-refractivity contribution in [2.24, 2.45) is 0 Å². The van der Waals surface area contributed by atoms with Crippen molar-refractivity contribution in [3.8, 4) is 0 Å². The van der Waals surface area contributed by atoms with Crippen LogP contribution in [0.2, 0.25) is 0 Å². The zero-order chi connectivity index (χ0) is 21.0. The number of carbonyl (C=O) groups excluding carboxylic acids is 4. The molecule has 3 rings (SSSR count). The second kappa shape index (κ2) is 8.86. The van der Waals surface area contributed by atoms with E-state index in [-0.39, 0.29) is 11.9 Å². The number of rotatable bonds is 6. The molecule has 1 aromatic rings. The number of hydrogen-bond acceptors (Lipinski definition) is 6. The van der Waals surface area contributed by atoms with E-state index in [1.54, 1.807) is 16.7 Å². The Morgan fingerprint density at radius 3 is 2.72 bits per heavy atom. The van der Waals surface area contributed by atoms with Crippen molar-refractivity contribution in [1.82, 2.24) is 15.5 Å². The first kappa shape index (κ1) is 21.2. The maximum atomic E-state index is 12.6. The van der Waals surface area contributed by atoms with Gasteiger partial charge in [0.25, 0.3) is 5.91 Å². The minimum absolute atomic E-state index is 0.0758. The Labute approximate surface area is 173 Å². The van der Waals surface area contributed by atoms with E-state index in [9.17, 15) is 19.2 Å². The van der Waals surface area contributed by atoms with Crippen LogP contribution in [0, 0.1) is 0 Å². The second-order valence-electron chi connectivity index (χ2n) is 7.18. The highest BCUT2D eigenvalue weighted by molar-refractivity contribution is 8.00. The molecule has 0 unspecified atom stereocenters. The van der Waals surface area contributed by atoms with E-state index >= 15 is 0 Å². The molecule has 0 saturated carbocycles. The van der Waals surface area contributed by atoms with Gasteiger partial charge >= 0.3 is 12.0 Å². The molecule has 1 aromatic carbocycles. The molecule has 2 N–H and O–H groups in total. The van der Waals surface area contributed by atoms with E-state index in [1.807, 2.05) is 44.2 Å². The number of nitrogens with one attached hydrogen (secondary N) is 2. The molecule has 2 fully saturated rings. The van der Waals surface area contributed by atoms with Gasteiger partial charge in [0.05, 0.1) is 0 Å². The Kier molecular flexibility index (Phi) is 6.46. The van der Waals surface area contributed by atoms with Crippen molar-refractivity contribution in [1.29, 1.82) is 0 Å². The number of imide groups is 1. The van der Waals surface area contributed by atoms with E-state index in [2.05, 4.69) is 10.6 Å². The lowest BCUT2D eigenvalue weighted by molar-refractivity contribution is -0.156. The van der Waals surface area contributed by atoms with Crippen LogP contribution in [0.15, 0.2) is 30.3 Å². The van der Waals surface area contributed by atoms with Crippen molar-refractivity contribution < 1.29 is 23.9 Å². The van der Waals surface area contributed by atoms with Gasteiger partial charge in [0.1, 0.15) is 10.9 Å². The molecule has 0 aliphatic carbocycles. The number of hydrogen-bond donors (Lipinski definition) is 2. The zero-order valence-corrected chi connectivity index (χ0v) is 17.3. The van der Waals surface area contributed by atoms with E-state index in [0.29, 0.717) is 18.6 Å². The average molecular weight is 420 g/mol. The number of ether oxygens (including phenoxy) is 1. The number of benzene rings is 1. The van der Waals surface area contributed by atoms with Crippen molar-refractivity contribution >= 4 is 35.6 Å². The first-order chi connectivity index (χ1) is 13.9. The first-order valence-electron chi connectivity index (χ1n) is 9.66. The Morgan fingerprint density at radius 2 is 2.03 bits per heavy atom. The van der Waals surface area contributed by atoms with E-state index in [4.69, 9.17) is 4.74 Å². The Bertz CT molecular complexity index is 803. The molecule has 4 amide bonds. The number of amides is 4. The Morgan fingerprint density at radius 1 is 1.31 bits per heavy atom. The van der Waals surface area contributed by atoms with Crippen LogP contribution in [0.25, 0.3) is 0 Å². The molecule has 156 valence electrons. The minimum Gasteiger partial charge on any atom is -0.454 e. The molecule has 2 heterocycles. The quantitative estimate of drug-likeness (QED) is 0.681. The summed E-state index contributed by atoms with van der Waals surface area (Å²) in [5.41, 5.74) is 0.977. The molecule has 0 spiro atoms. The molecule has 29 heavy (non-hydrogen) atoms. The lowest BCUT2D eigenvalue weighted by Crippen LogP contribution is -2.48. The summed E-state index contributed by atoms with van der Waals surface area (Å²) in [4.78, 5) is 49.7. The van der Waals surface area contributed by atoms with Crippen molar-refractivity contribution in [3.05, 3.63) is 35.9 Å². The second-order valence-corrected chi connectivity index (χ2v) is 8.48. The maximum Gasteiger partial charge on any atom is 0.330 e. The number of urea groups is 1. The molecule has 2 aliphatic heterocycles. The standard InChI is InChI=1S/C20H25N3O5S/c1-3-13(2)21-19(27)22-16(24)11-28-18(26)15-12-29-20(10-9-17(25)23(15)20)14-7-5-4-6-8-14/h4-8,13,15H,3,9-12H2,1-2H3,(H2,21,22,24,27)/t13-,15-,20-/m1/s1. The third kappa shape index (κ3) is 4.39. The predicted molar refractivity (Wildman–Crippen MR) is 108 cm³/mol. The lowest BCUT2D eigenvalue weighted by Gasteiger charge is -2.33. The molecular weight excluding hydrogens is 394 g/mol. The van der Waals surface area contributed by atoms with Crippen LogP contribution in [0.5, 0.6) is 0 Å². The molecule has 0 radical (unpaired) electrons. The summed E-state index contributed by atoms with van der Waals surface area (Å²) in [6.07, 6.45) is 1.71. The molecule has 2 saturated heterocycles. The SMILES string of the molecule is CC[C@@H](C)NC(=O)NC(=O)COC(=O)[C@H]1CS[C@@]2(c3ccccc3)CCC(=O)N12. The van der Waals surface area contributed by atoms with Crippen LogP contribution >= 0.6 is 11.8 Å². The highest BCUT2D eigenvalue weighted by Crippen LogP contribution is 2.54. The monoisotopic (exact) mass is 419 g/mol. The van der Waals surface area contributed by atoms with Crippen LogP contribution in [0.4, 0.5) is 4.79 Å². The maximum absolute atomic E-state index is 12.6. The van der Waals surface area contributed by atoms with Crippen LogP contribution in [-0.4, -0.2) is 53.2 Å². The lowest BCUT2D eigenvalue weighted by atomic mass is 10.0. The average Bonchev–Trinajstić information content (AvgIpc) is 3.26. The summed E-state index contributed by atoms with van der Waals surface area (Å²) >= 11 is 1.55. The van der Waals surface area contributed by atoms with Crippen molar-refractivity contribution in [2.75, 3.05) is 12.4 Å². The van der Waals surface area contributed by atoms with Gasteiger partial charge in [0.15, 0.2) is 6.61 Å². The van der Waals surface area contributed by atoms with Crippen molar-refractivity contribution in [2.45, 2.75) is 50.1 Å². The van der Waals surface area contributed by atoms with Gasteiger partial charge in [-0.15, -0.1) is 11.8 Å². The molecule has 9 heteroatoms. The van der Waals surface area contributed by atoms with Gasteiger partial charge in [-0.1, -0.05) is 37.3 Å². The van der Waals surface area contributed by atoms with Crippen LogP contribution in [0.1, 0.15) is 38.7 Å². The highest BCUT2D eigenvalue weighted by atomic mass is 32.2. The number of nitrogens with zero attached hydrogens (tertiary/aromatic N) is 1. The van der Waals surface area contributed by atoms with Gasteiger partial charge in [0.2, 0.25) is 5.91 Å². The topological polar surface area (TPSA) is 105 Å². The first-order valence-corrected chi connectivity index (χ1v) is 10.6. The smallest absolute Gasteiger partial charge is 0.330 e. The van der Waals surface area contributed by atoms with Crippen LogP contribution < -0.4 is 10.6 Å². The normalized spacial score (nSPS) is 24.0. The van der Waals surface area contributed by atoms with Gasteiger partial charge < -0.3 is 15.0 Å². The van der Waals surface area contributed by atoms with Gasteiger partial charge in [-0.25, -0.2) is 9.59 Å². The summed E-state index contributed by atoms with van der Waals surface area (Å²) < 4.78 is 5.12. The third-order valence-corrected chi connectivity index (χ3v) is 6.81. The largest absolute Gasteiger partial charge is 0.454 e. The number of esters is 1. The van der Waals surface area contributed by atoms with E-state index in [0.717, 1.165) is 12.0 Å². The predicted octanol–water partition coefficient (Wildman–Crippen LogP) is 1.74. The summed E-state index contributed by atoms with van der Waals surface area (Å²) in [6, 6.07) is 8.17. The van der Waals surface area contributed by atoms with Gasteiger partial charge in [-0.05, 0) is 25.3 Å². The summed E-state index contributed by atoms with van der Waals surface area (Å²) in [5.74, 6) is -1.05. The fourth-order valence-electron chi connectivity index (χ4n) is 3.57. The molecular formula is C20H25N3O5S. The van der Waals surface area contributed by atoms with Crippen molar-refractivity contribution in [3.63, 3.8) is 0 Å². The van der Waals surface area contributed by atoms with E-state index in [1.165, 1.54) is 0 Å². The molecule has 8 nitrogen and oxygen atoms in total. The van der Waals surface area contributed by atoms with Crippen LogP contribution in [-0.2, 0) is 24.0 Å². The third-order valence-electron chi connectivity index (χ3n) is 5.21. The summed E-state index contributed by atoms with van der Waals surface area (Å²) in [7, 11) is 0. The fraction of sp³-hybridized carbons (Fsp3) is 0.500. The Balaban J connectivity index is 1.60. The summed E-state index contributed by atoms with van der Waals surface area (Å²) in [6.45, 7) is 3.14. The summed E-state index contributed by atoms with van der Waals surface area (Å²) in [5, 5.41) is 4.72. The molecule has 2 aliphatic rings. The number of fused-ring (bicyclic) bond motifs is 1. The fourth-order valence-corrected chi connectivity index (χ4v) is 5.21.